The van der Waals surface area contributed by atoms with E-state index in [1.54, 1.807) is 6.92 Å². The number of rotatable bonds is 3. The monoisotopic (exact) mass is 252 g/mol. The van der Waals surface area contributed by atoms with Crippen LogP contribution >= 0.6 is 0 Å². The summed E-state index contributed by atoms with van der Waals surface area (Å²) in [6.45, 7) is 1.71. The highest BCUT2D eigenvalue weighted by atomic mass is 16.2. The SMILES string of the molecule is C[C@@H](N)C(=O)NC1CCC(C2CCCC(=O)C2)C1. The van der Waals surface area contributed by atoms with E-state index in [1.807, 2.05) is 0 Å². The second kappa shape index (κ2) is 5.83. The number of carbonyl (C=O) groups excluding carboxylic acids is 2. The average Bonchev–Trinajstić information content (AvgIpc) is 2.77. The fraction of sp³-hybridized carbons (Fsp3) is 0.857. The van der Waals surface area contributed by atoms with Crippen LogP contribution in [-0.2, 0) is 9.59 Å². The van der Waals surface area contributed by atoms with Gasteiger partial charge in [-0.1, -0.05) is 0 Å². The molecule has 3 unspecified atom stereocenters. The summed E-state index contributed by atoms with van der Waals surface area (Å²) >= 11 is 0. The van der Waals surface area contributed by atoms with E-state index in [0.717, 1.165) is 38.5 Å². The van der Waals surface area contributed by atoms with Gasteiger partial charge in [-0.2, -0.15) is 0 Å². The molecule has 0 spiro atoms. The lowest BCUT2D eigenvalue weighted by Crippen LogP contribution is -2.43. The van der Waals surface area contributed by atoms with Crippen LogP contribution in [0.1, 0.15) is 51.9 Å². The van der Waals surface area contributed by atoms with Gasteiger partial charge in [-0.15, -0.1) is 0 Å². The van der Waals surface area contributed by atoms with Crippen molar-refractivity contribution in [2.24, 2.45) is 17.6 Å². The Balaban J connectivity index is 1.81. The second-order valence-electron chi connectivity index (χ2n) is 5.96. The fourth-order valence-corrected chi connectivity index (χ4v) is 3.37. The van der Waals surface area contributed by atoms with E-state index < -0.39 is 6.04 Å². The molecule has 0 aliphatic heterocycles. The Bertz CT molecular complexity index is 328. The number of hydrogen-bond acceptors (Lipinski definition) is 3. The molecule has 0 bridgehead atoms. The smallest absolute Gasteiger partial charge is 0.236 e. The lowest BCUT2D eigenvalue weighted by molar-refractivity contribution is -0.123. The van der Waals surface area contributed by atoms with Crippen molar-refractivity contribution in [3.8, 4) is 0 Å². The third-order valence-electron chi connectivity index (χ3n) is 4.42. The molecule has 102 valence electrons. The molecule has 1 amide bonds. The average molecular weight is 252 g/mol. The van der Waals surface area contributed by atoms with Crippen LogP contribution in [0, 0.1) is 11.8 Å². The molecule has 0 saturated heterocycles. The first-order valence-electron chi connectivity index (χ1n) is 7.14. The maximum atomic E-state index is 11.5. The van der Waals surface area contributed by atoms with Gasteiger partial charge >= 0.3 is 0 Å². The Morgan fingerprint density at radius 3 is 2.78 bits per heavy atom. The first kappa shape index (κ1) is 13.5. The Hall–Kier alpha value is -0.900. The number of hydrogen-bond donors (Lipinski definition) is 2. The van der Waals surface area contributed by atoms with Crippen LogP contribution in [-0.4, -0.2) is 23.8 Å². The Morgan fingerprint density at radius 2 is 2.11 bits per heavy atom. The van der Waals surface area contributed by atoms with Gasteiger partial charge in [-0.3, -0.25) is 9.59 Å². The van der Waals surface area contributed by atoms with Crippen molar-refractivity contribution in [1.29, 1.82) is 0 Å². The van der Waals surface area contributed by atoms with Crippen LogP contribution in [0.4, 0.5) is 0 Å². The molecular formula is C14H24N2O2. The number of Topliss-reactive ketones (excluding diaryl/α,β-unsaturated/α-hetero) is 1. The summed E-state index contributed by atoms with van der Waals surface area (Å²) in [6, 6.07) is -0.161. The molecule has 3 N–H and O–H groups in total. The normalized spacial score (nSPS) is 34.3. The quantitative estimate of drug-likeness (QED) is 0.797. The van der Waals surface area contributed by atoms with E-state index in [9.17, 15) is 9.59 Å². The molecule has 2 fully saturated rings. The van der Waals surface area contributed by atoms with Gasteiger partial charge in [-0.05, 0) is 50.9 Å². The Kier molecular flexibility index (Phi) is 4.38. The zero-order valence-corrected chi connectivity index (χ0v) is 11.2. The molecule has 18 heavy (non-hydrogen) atoms. The predicted molar refractivity (Wildman–Crippen MR) is 69.9 cm³/mol. The third-order valence-corrected chi connectivity index (χ3v) is 4.42. The maximum absolute atomic E-state index is 11.5. The summed E-state index contributed by atoms with van der Waals surface area (Å²) in [5, 5.41) is 3.01. The summed E-state index contributed by atoms with van der Waals surface area (Å²) in [5.41, 5.74) is 5.55. The van der Waals surface area contributed by atoms with Crippen molar-refractivity contribution >= 4 is 11.7 Å². The van der Waals surface area contributed by atoms with Gasteiger partial charge in [0, 0.05) is 18.9 Å². The van der Waals surface area contributed by atoms with Gasteiger partial charge in [0.1, 0.15) is 5.78 Å². The first-order valence-corrected chi connectivity index (χ1v) is 7.14. The van der Waals surface area contributed by atoms with E-state index >= 15 is 0 Å². The molecule has 2 aliphatic rings. The highest BCUT2D eigenvalue weighted by molar-refractivity contribution is 5.81. The lowest BCUT2D eigenvalue weighted by atomic mass is 9.78. The first-order chi connectivity index (χ1) is 8.56. The number of ketones is 1. The molecule has 0 heterocycles. The Morgan fingerprint density at radius 1 is 1.33 bits per heavy atom. The summed E-state index contributed by atoms with van der Waals surface area (Å²) < 4.78 is 0. The van der Waals surface area contributed by atoms with Gasteiger partial charge in [0.15, 0.2) is 0 Å². The van der Waals surface area contributed by atoms with Gasteiger partial charge in [0.25, 0.3) is 0 Å². The van der Waals surface area contributed by atoms with Crippen LogP contribution in [0.25, 0.3) is 0 Å². The minimum Gasteiger partial charge on any atom is -0.352 e. The molecule has 0 aromatic carbocycles. The second-order valence-corrected chi connectivity index (χ2v) is 5.96. The van der Waals surface area contributed by atoms with Gasteiger partial charge < -0.3 is 11.1 Å². The van der Waals surface area contributed by atoms with Crippen LogP contribution in [0.5, 0.6) is 0 Å². The van der Waals surface area contributed by atoms with E-state index in [-0.39, 0.29) is 11.9 Å². The minimum absolute atomic E-state index is 0.0552. The third kappa shape index (κ3) is 3.31. The van der Waals surface area contributed by atoms with Gasteiger partial charge in [0.05, 0.1) is 6.04 Å². The number of nitrogens with two attached hydrogens (primary N) is 1. The van der Waals surface area contributed by atoms with Gasteiger partial charge in [0.2, 0.25) is 5.91 Å². The van der Waals surface area contributed by atoms with Crippen molar-refractivity contribution in [1.82, 2.24) is 5.32 Å². The largest absolute Gasteiger partial charge is 0.352 e. The number of carbonyl (C=O) groups is 2. The lowest BCUT2D eigenvalue weighted by Gasteiger charge is -2.26. The molecule has 0 radical (unpaired) electrons. The van der Waals surface area contributed by atoms with Crippen molar-refractivity contribution in [3.63, 3.8) is 0 Å². The molecule has 0 aromatic heterocycles. The van der Waals surface area contributed by atoms with Crippen molar-refractivity contribution < 1.29 is 9.59 Å². The fourth-order valence-electron chi connectivity index (χ4n) is 3.37. The zero-order valence-electron chi connectivity index (χ0n) is 11.2. The van der Waals surface area contributed by atoms with E-state index in [4.69, 9.17) is 5.73 Å². The van der Waals surface area contributed by atoms with Gasteiger partial charge in [-0.25, -0.2) is 0 Å². The molecule has 4 nitrogen and oxygen atoms in total. The van der Waals surface area contributed by atoms with Crippen molar-refractivity contribution in [2.75, 3.05) is 0 Å². The molecule has 4 atom stereocenters. The molecule has 2 rings (SSSR count). The summed E-state index contributed by atoms with van der Waals surface area (Å²) in [7, 11) is 0. The van der Waals surface area contributed by atoms with E-state index in [2.05, 4.69) is 5.32 Å². The molecule has 2 aliphatic carbocycles. The van der Waals surface area contributed by atoms with Crippen LogP contribution in [0.2, 0.25) is 0 Å². The van der Waals surface area contributed by atoms with Crippen LogP contribution in [0.15, 0.2) is 0 Å². The minimum atomic E-state index is -0.430. The van der Waals surface area contributed by atoms with E-state index in [0.29, 0.717) is 17.6 Å². The standard InChI is InChI=1S/C14H24N2O2/c1-9(15)14(18)16-12-6-5-11(7-12)10-3-2-4-13(17)8-10/h9-12H,2-8,15H2,1H3,(H,16,18)/t9-,10?,11?,12?/m1/s1. The maximum Gasteiger partial charge on any atom is 0.236 e. The summed E-state index contributed by atoms with van der Waals surface area (Å²) in [4.78, 5) is 23.0. The van der Waals surface area contributed by atoms with Crippen LogP contribution in [0.3, 0.4) is 0 Å². The molecule has 2 saturated carbocycles. The predicted octanol–water partition coefficient (Wildman–Crippen LogP) is 1.38. The molecular weight excluding hydrogens is 228 g/mol. The number of amides is 1. The van der Waals surface area contributed by atoms with Crippen molar-refractivity contribution in [2.45, 2.75) is 64.0 Å². The van der Waals surface area contributed by atoms with E-state index in [1.165, 1.54) is 6.42 Å². The number of nitrogens with one attached hydrogen (secondary N) is 1. The summed E-state index contributed by atoms with van der Waals surface area (Å²) in [5.74, 6) is 1.55. The highest BCUT2D eigenvalue weighted by Gasteiger charge is 2.34. The highest BCUT2D eigenvalue weighted by Crippen LogP contribution is 2.38. The topological polar surface area (TPSA) is 72.2 Å². The van der Waals surface area contributed by atoms with Crippen molar-refractivity contribution in [3.05, 3.63) is 0 Å². The summed E-state index contributed by atoms with van der Waals surface area (Å²) in [6.07, 6.45) is 6.97. The van der Waals surface area contributed by atoms with Crippen LogP contribution < -0.4 is 11.1 Å². The zero-order chi connectivity index (χ0) is 13.1. The molecule has 4 heteroatoms. The Labute approximate surface area is 109 Å². The molecule has 0 aromatic rings.